The van der Waals surface area contributed by atoms with E-state index in [1.807, 2.05) is 47.2 Å². The lowest BCUT2D eigenvalue weighted by Crippen LogP contribution is -2.04. The van der Waals surface area contributed by atoms with Crippen molar-refractivity contribution in [3.63, 3.8) is 0 Å². The third kappa shape index (κ3) is 4.33. The molecule has 0 aliphatic rings. The summed E-state index contributed by atoms with van der Waals surface area (Å²) in [5, 5.41) is 30.1. The van der Waals surface area contributed by atoms with E-state index in [0.717, 1.165) is 17.2 Å². The molecule has 1 unspecified atom stereocenters. The van der Waals surface area contributed by atoms with Crippen LogP contribution in [0.4, 0.5) is 17.1 Å². The standard InChI is InChI=1S/C18H14N4O4S/c23-21(24)15-6-7-17(18(10-15)22(25)26)20-19-11-16(14-8-9-27-12-14)13-4-2-1-3-5-13/h1-12,16,20H/b19-11+. The Bertz CT molecular complexity index is 974. The minimum atomic E-state index is -0.682. The Kier molecular flexibility index (Phi) is 5.53. The molecule has 1 heterocycles. The summed E-state index contributed by atoms with van der Waals surface area (Å²) in [7, 11) is 0. The molecule has 0 saturated carbocycles. The van der Waals surface area contributed by atoms with Gasteiger partial charge in [0, 0.05) is 18.2 Å². The van der Waals surface area contributed by atoms with E-state index in [1.165, 1.54) is 12.1 Å². The second-order valence-electron chi connectivity index (χ2n) is 5.55. The van der Waals surface area contributed by atoms with Crippen molar-refractivity contribution in [1.29, 1.82) is 0 Å². The summed E-state index contributed by atoms with van der Waals surface area (Å²) in [5.74, 6) is -0.123. The maximum absolute atomic E-state index is 11.2. The fourth-order valence-corrected chi connectivity index (χ4v) is 3.23. The number of thiophene rings is 1. The Morgan fingerprint density at radius 2 is 1.78 bits per heavy atom. The molecule has 0 bridgehead atoms. The van der Waals surface area contributed by atoms with Gasteiger partial charge in [0.25, 0.3) is 5.69 Å². The number of anilines is 1. The SMILES string of the molecule is O=[N+]([O-])c1ccc(N/N=C/C(c2ccccc2)c2ccsc2)c([N+](=O)[O-])c1. The molecule has 1 aromatic heterocycles. The van der Waals surface area contributed by atoms with Gasteiger partial charge in [-0.05, 0) is 34.0 Å². The zero-order valence-corrected chi connectivity index (χ0v) is 14.7. The van der Waals surface area contributed by atoms with Gasteiger partial charge in [-0.3, -0.25) is 25.7 Å². The van der Waals surface area contributed by atoms with E-state index in [9.17, 15) is 20.2 Å². The van der Waals surface area contributed by atoms with E-state index in [4.69, 9.17) is 0 Å². The fourth-order valence-electron chi connectivity index (χ4n) is 2.54. The van der Waals surface area contributed by atoms with Crippen LogP contribution in [0.25, 0.3) is 0 Å². The van der Waals surface area contributed by atoms with Gasteiger partial charge in [0.05, 0.1) is 15.9 Å². The van der Waals surface area contributed by atoms with E-state index in [1.54, 1.807) is 17.6 Å². The highest BCUT2D eigenvalue weighted by molar-refractivity contribution is 7.08. The lowest BCUT2D eigenvalue weighted by Gasteiger charge is -2.11. The zero-order valence-electron chi connectivity index (χ0n) is 13.9. The van der Waals surface area contributed by atoms with Crippen molar-refractivity contribution in [3.05, 3.63) is 96.7 Å². The van der Waals surface area contributed by atoms with Gasteiger partial charge in [-0.15, -0.1) is 0 Å². The highest BCUT2D eigenvalue weighted by atomic mass is 32.1. The maximum atomic E-state index is 11.2. The van der Waals surface area contributed by atoms with Crippen LogP contribution in [0.3, 0.4) is 0 Å². The van der Waals surface area contributed by atoms with E-state index >= 15 is 0 Å². The molecular formula is C18H14N4O4S. The molecule has 136 valence electrons. The summed E-state index contributed by atoms with van der Waals surface area (Å²) in [5.41, 5.74) is 4.03. The van der Waals surface area contributed by atoms with Crippen LogP contribution in [0.15, 0.2) is 70.5 Å². The first-order valence-corrected chi connectivity index (χ1v) is 8.79. The zero-order chi connectivity index (χ0) is 19.2. The predicted octanol–water partition coefficient (Wildman–Crippen LogP) is 4.79. The number of rotatable bonds is 7. The Balaban J connectivity index is 1.87. The molecule has 0 aliphatic carbocycles. The molecule has 0 amide bonds. The van der Waals surface area contributed by atoms with Crippen LogP contribution in [-0.2, 0) is 0 Å². The monoisotopic (exact) mass is 382 g/mol. The first kappa shape index (κ1) is 18.2. The first-order valence-electron chi connectivity index (χ1n) is 7.85. The number of benzene rings is 2. The van der Waals surface area contributed by atoms with Gasteiger partial charge >= 0.3 is 5.69 Å². The molecular weight excluding hydrogens is 368 g/mol. The van der Waals surface area contributed by atoms with Gasteiger partial charge in [0.2, 0.25) is 0 Å². The topological polar surface area (TPSA) is 111 Å². The summed E-state index contributed by atoms with van der Waals surface area (Å²) >= 11 is 1.57. The van der Waals surface area contributed by atoms with Gasteiger partial charge < -0.3 is 0 Å². The average Bonchev–Trinajstić information content (AvgIpc) is 3.20. The minimum Gasteiger partial charge on any atom is -0.272 e. The lowest BCUT2D eigenvalue weighted by atomic mass is 9.95. The molecule has 3 rings (SSSR count). The third-order valence-corrected chi connectivity index (χ3v) is 4.56. The molecule has 0 spiro atoms. The van der Waals surface area contributed by atoms with Crippen LogP contribution >= 0.6 is 11.3 Å². The quantitative estimate of drug-likeness (QED) is 0.359. The number of hydrogen-bond acceptors (Lipinski definition) is 7. The number of hydrogen-bond donors (Lipinski definition) is 1. The summed E-state index contributed by atoms with van der Waals surface area (Å²) in [6.45, 7) is 0. The summed E-state index contributed by atoms with van der Waals surface area (Å²) in [6.07, 6.45) is 1.66. The number of nitrogens with one attached hydrogen (secondary N) is 1. The highest BCUT2D eigenvalue weighted by Crippen LogP contribution is 2.29. The van der Waals surface area contributed by atoms with Crippen molar-refractivity contribution >= 4 is 34.6 Å². The molecule has 2 aromatic carbocycles. The Morgan fingerprint density at radius 1 is 1.00 bits per heavy atom. The Morgan fingerprint density at radius 3 is 2.41 bits per heavy atom. The Hall–Kier alpha value is -3.59. The van der Waals surface area contributed by atoms with Crippen LogP contribution in [0.5, 0.6) is 0 Å². The number of hydrazone groups is 1. The fraction of sp³-hybridized carbons (Fsp3) is 0.0556. The van der Waals surface area contributed by atoms with Crippen molar-refractivity contribution < 1.29 is 9.85 Å². The minimum absolute atomic E-state index is 0.0824. The van der Waals surface area contributed by atoms with Gasteiger partial charge in [-0.1, -0.05) is 30.3 Å². The van der Waals surface area contributed by atoms with Crippen molar-refractivity contribution in [2.45, 2.75) is 5.92 Å². The molecule has 1 atom stereocenters. The molecule has 0 radical (unpaired) electrons. The van der Waals surface area contributed by atoms with Crippen molar-refractivity contribution in [2.24, 2.45) is 5.10 Å². The smallest absolute Gasteiger partial charge is 0.272 e. The largest absolute Gasteiger partial charge is 0.301 e. The highest BCUT2D eigenvalue weighted by Gasteiger charge is 2.19. The van der Waals surface area contributed by atoms with Crippen LogP contribution in [0.2, 0.25) is 0 Å². The molecule has 27 heavy (non-hydrogen) atoms. The predicted molar refractivity (Wildman–Crippen MR) is 104 cm³/mol. The summed E-state index contributed by atoms with van der Waals surface area (Å²) in [6, 6.07) is 15.1. The molecule has 3 aromatic rings. The van der Waals surface area contributed by atoms with Crippen molar-refractivity contribution in [2.75, 3.05) is 5.43 Å². The lowest BCUT2D eigenvalue weighted by molar-refractivity contribution is -0.393. The number of nitrogens with zero attached hydrogens (tertiary/aromatic N) is 3. The number of nitro benzene ring substituents is 2. The molecule has 1 N–H and O–H groups in total. The van der Waals surface area contributed by atoms with Crippen LogP contribution < -0.4 is 5.43 Å². The van der Waals surface area contributed by atoms with E-state index in [-0.39, 0.29) is 17.3 Å². The first-order chi connectivity index (χ1) is 13.1. The normalized spacial score (nSPS) is 12.0. The second kappa shape index (κ2) is 8.19. The van der Waals surface area contributed by atoms with Gasteiger partial charge in [0.15, 0.2) is 0 Å². The third-order valence-electron chi connectivity index (χ3n) is 3.86. The van der Waals surface area contributed by atoms with E-state index < -0.39 is 15.5 Å². The maximum Gasteiger partial charge on any atom is 0.301 e. The van der Waals surface area contributed by atoms with Gasteiger partial charge in [-0.25, -0.2) is 0 Å². The second-order valence-corrected chi connectivity index (χ2v) is 6.33. The molecule has 0 saturated heterocycles. The molecule has 0 aliphatic heterocycles. The number of non-ortho nitro benzene ring substituents is 1. The van der Waals surface area contributed by atoms with Crippen molar-refractivity contribution in [3.8, 4) is 0 Å². The summed E-state index contributed by atoms with van der Waals surface area (Å²) < 4.78 is 0. The summed E-state index contributed by atoms with van der Waals surface area (Å²) in [4.78, 5) is 20.6. The van der Waals surface area contributed by atoms with Gasteiger partial charge in [0.1, 0.15) is 5.69 Å². The average molecular weight is 382 g/mol. The van der Waals surface area contributed by atoms with Crippen LogP contribution in [0, 0.1) is 20.2 Å². The number of nitro groups is 2. The molecule has 0 fully saturated rings. The van der Waals surface area contributed by atoms with Crippen molar-refractivity contribution in [1.82, 2.24) is 0 Å². The molecule has 9 heteroatoms. The van der Waals surface area contributed by atoms with Gasteiger partial charge in [-0.2, -0.15) is 16.4 Å². The van der Waals surface area contributed by atoms with E-state index in [2.05, 4.69) is 10.5 Å². The molecule has 8 nitrogen and oxygen atoms in total. The van der Waals surface area contributed by atoms with E-state index in [0.29, 0.717) is 0 Å². The van der Waals surface area contributed by atoms with Crippen LogP contribution in [-0.4, -0.2) is 16.1 Å². The van der Waals surface area contributed by atoms with Crippen LogP contribution in [0.1, 0.15) is 17.0 Å². The Labute approximate surface area is 158 Å².